The van der Waals surface area contributed by atoms with E-state index < -0.39 is 0 Å². The fourth-order valence-corrected chi connectivity index (χ4v) is 1.34. The Morgan fingerprint density at radius 1 is 1.23 bits per heavy atom. The molecular formula is C10H11N3. The predicted octanol–water partition coefficient (Wildman–Crippen LogP) is 1.20. The summed E-state index contributed by atoms with van der Waals surface area (Å²) in [5, 5.41) is 0. The highest BCUT2D eigenvalue weighted by Gasteiger charge is 2.08. The number of rotatable bonds is 0. The summed E-state index contributed by atoms with van der Waals surface area (Å²) in [6, 6.07) is 0. The van der Waals surface area contributed by atoms with Crippen LogP contribution >= 0.6 is 0 Å². The van der Waals surface area contributed by atoms with Gasteiger partial charge in [-0.2, -0.15) is 0 Å². The minimum absolute atomic E-state index is 0.720. The van der Waals surface area contributed by atoms with Gasteiger partial charge in [0.25, 0.3) is 0 Å². The van der Waals surface area contributed by atoms with E-state index in [2.05, 4.69) is 16.1 Å². The van der Waals surface area contributed by atoms with E-state index in [1.807, 2.05) is 12.2 Å². The molecule has 2 N–H and O–H groups in total. The highest BCUT2D eigenvalue weighted by atomic mass is 14.8. The van der Waals surface area contributed by atoms with Crippen LogP contribution in [0.4, 0.5) is 0 Å². The molecule has 13 heavy (non-hydrogen) atoms. The van der Waals surface area contributed by atoms with Crippen LogP contribution in [0, 0.1) is 0 Å². The van der Waals surface area contributed by atoms with Crippen LogP contribution in [-0.4, -0.2) is 19.0 Å². The summed E-state index contributed by atoms with van der Waals surface area (Å²) >= 11 is 0. The molecule has 2 heterocycles. The first-order valence-corrected chi connectivity index (χ1v) is 4.24. The molecule has 3 nitrogen and oxygen atoms in total. The van der Waals surface area contributed by atoms with Gasteiger partial charge in [-0.05, 0) is 17.7 Å². The molecule has 2 aliphatic rings. The van der Waals surface area contributed by atoms with Gasteiger partial charge in [-0.3, -0.25) is 9.98 Å². The summed E-state index contributed by atoms with van der Waals surface area (Å²) in [4.78, 5) is 8.41. The van der Waals surface area contributed by atoms with Crippen molar-refractivity contribution in [2.24, 2.45) is 15.7 Å². The summed E-state index contributed by atoms with van der Waals surface area (Å²) in [6.45, 7) is 0.720. The fraction of sp³-hybridized carbons (Fsp3) is 0.200. The van der Waals surface area contributed by atoms with E-state index in [1.165, 1.54) is 5.57 Å². The number of hydrogen-bond acceptors (Lipinski definition) is 3. The first kappa shape index (κ1) is 7.98. The molecule has 0 bridgehead atoms. The molecule has 3 heteroatoms. The van der Waals surface area contributed by atoms with Crippen LogP contribution in [0.3, 0.4) is 0 Å². The number of nitrogens with zero attached hydrogens (tertiary/aromatic N) is 2. The Labute approximate surface area is 77.1 Å². The van der Waals surface area contributed by atoms with E-state index >= 15 is 0 Å². The number of nitrogens with two attached hydrogens (primary N) is 1. The molecule has 0 aliphatic carbocycles. The summed E-state index contributed by atoms with van der Waals surface area (Å²) < 4.78 is 0. The van der Waals surface area contributed by atoms with Gasteiger partial charge in [-0.25, -0.2) is 0 Å². The Kier molecular flexibility index (Phi) is 2.08. The van der Waals surface area contributed by atoms with Crippen LogP contribution in [0.15, 0.2) is 45.2 Å². The van der Waals surface area contributed by atoms with Crippen LogP contribution in [0.1, 0.15) is 6.42 Å². The zero-order valence-corrected chi connectivity index (χ0v) is 7.27. The van der Waals surface area contributed by atoms with Gasteiger partial charge in [0.15, 0.2) is 0 Å². The monoisotopic (exact) mass is 173 g/mol. The van der Waals surface area contributed by atoms with Crippen LogP contribution in [0.2, 0.25) is 0 Å². The molecule has 0 spiro atoms. The zero-order chi connectivity index (χ0) is 9.10. The van der Waals surface area contributed by atoms with Gasteiger partial charge >= 0.3 is 0 Å². The lowest BCUT2D eigenvalue weighted by Crippen LogP contribution is -1.98. The normalized spacial score (nSPS) is 20.8. The maximum atomic E-state index is 5.75. The summed E-state index contributed by atoms with van der Waals surface area (Å²) in [6.07, 6.45) is 10.1. The first-order valence-electron chi connectivity index (χ1n) is 4.24. The summed E-state index contributed by atoms with van der Waals surface area (Å²) in [5.74, 6) is 0. The van der Waals surface area contributed by atoms with Crippen molar-refractivity contribution in [3.63, 3.8) is 0 Å². The van der Waals surface area contributed by atoms with E-state index in [0.717, 1.165) is 24.4 Å². The summed E-state index contributed by atoms with van der Waals surface area (Å²) in [5.41, 5.74) is 8.74. The van der Waals surface area contributed by atoms with Crippen molar-refractivity contribution < 1.29 is 0 Å². The minimum atomic E-state index is 0.720. The van der Waals surface area contributed by atoms with Crippen molar-refractivity contribution in [1.29, 1.82) is 0 Å². The van der Waals surface area contributed by atoms with Crippen molar-refractivity contribution in [3.05, 3.63) is 35.2 Å². The lowest BCUT2D eigenvalue weighted by atomic mass is 10.1. The third kappa shape index (κ3) is 1.75. The second-order valence-electron chi connectivity index (χ2n) is 2.99. The van der Waals surface area contributed by atoms with Crippen LogP contribution in [-0.2, 0) is 0 Å². The average molecular weight is 173 g/mol. The zero-order valence-electron chi connectivity index (χ0n) is 7.27. The predicted molar refractivity (Wildman–Crippen MR) is 54.9 cm³/mol. The third-order valence-corrected chi connectivity index (χ3v) is 2.01. The molecule has 0 aromatic carbocycles. The van der Waals surface area contributed by atoms with Gasteiger partial charge in [-0.15, -0.1) is 0 Å². The maximum absolute atomic E-state index is 5.75. The van der Waals surface area contributed by atoms with Crippen molar-refractivity contribution in [1.82, 2.24) is 0 Å². The van der Waals surface area contributed by atoms with E-state index in [-0.39, 0.29) is 0 Å². The molecule has 0 unspecified atom stereocenters. The molecule has 0 fully saturated rings. The standard InChI is InChI=1S/C10H11N3/c11-9-2-6-13-10-3-5-12-4-1-8(10)7-9/h1-3,5-6H,4,7,11H2. The van der Waals surface area contributed by atoms with Crippen molar-refractivity contribution >= 4 is 12.4 Å². The Morgan fingerprint density at radius 3 is 3.08 bits per heavy atom. The van der Waals surface area contributed by atoms with E-state index in [4.69, 9.17) is 5.73 Å². The SMILES string of the molecule is NC1=CC=NC2=CC=NCC=C2C1. The van der Waals surface area contributed by atoms with Gasteiger partial charge in [0.2, 0.25) is 0 Å². The quantitative estimate of drug-likeness (QED) is 0.588. The maximum Gasteiger partial charge on any atom is 0.0678 e. The lowest BCUT2D eigenvalue weighted by molar-refractivity contribution is 1.07. The lowest BCUT2D eigenvalue weighted by Gasteiger charge is -2.03. The summed E-state index contributed by atoms with van der Waals surface area (Å²) in [7, 11) is 0. The van der Waals surface area contributed by atoms with Crippen molar-refractivity contribution in [3.8, 4) is 0 Å². The van der Waals surface area contributed by atoms with Crippen molar-refractivity contribution in [2.75, 3.05) is 6.54 Å². The molecular weight excluding hydrogens is 162 g/mol. The van der Waals surface area contributed by atoms with Gasteiger partial charge in [-0.1, -0.05) is 6.08 Å². The fourth-order valence-electron chi connectivity index (χ4n) is 1.34. The van der Waals surface area contributed by atoms with Crippen LogP contribution < -0.4 is 5.73 Å². The Bertz CT molecular complexity index is 356. The first-order chi connectivity index (χ1) is 6.36. The topological polar surface area (TPSA) is 50.7 Å². The molecule has 2 aliphatic heterocycles. The molecule has 0 saturated carbocycles. The largest absolute Gasteiger partial charge is 0.402 e. The van der Waals surface area contributed by atoms with Gasteiger partial charge in [0.1, 0.15) is 0 Å². The number of allylic oxidation sites excluding steroid dienone is 4. The smallest absolute Gasteiger partial charge is 0.0678 e. The highest BCUT2D eigenvalue weighted by molar-refractivity contribution is 5.79. The van der Waals surface area contributed by atoms with Gasteiger partial charge in [0.05, 0.1) is 12.2 Å². The third-order valence-electron chi connectivity index (χ3n) is 2.01. The van der Waals surface area contributed by atoms with Gasteiger partial charge < -0.3 is 5.73 Å². The van der Waals surface area contributed by atoms with Crippen LogP contribution in [0.25, 0.3) is 0 Å². The Balaban J connectivity index is 2.38. The van der Waals surface area contributed by atoms with E-state index in [0.29, 0.717) is 0 Å². The molecule has 0 atom stereocenters. The molecule has 0 aromatic rings. The van der Waals surface area contributed by atoms with Crippen molar-refractivity contribution in [2.45, 2.75) is 6.42 Å². The number of fused-ring (bicyclic) bond motifs is 1. The molecule has 66 valence electrons. The van der Waals surface area contributed by atoms with E-state index in [1.54, 1.807) is 12.4 Å². The highest BCUT2D eigenvalue weighted by Crippen LogP contribution is 2.20. The molecule has 2 rings (SSSR count). The Hall–Kier alpha value is -1.64. The molecule has 0 amide bonds. The molecule has 0 radical (unpaired) electrons. The minimum Gasteiger partial charge on any atom is -0.402 e. The Morgan fingerprint density at radius 2 is 2.15 bits per heavy atom. The molecule has 0 saturated heterocycles. The number of hydrogen-bond donors (Lipinski definition) is 1. The van der Waals surface area contributed by atoms with Gasteiger partial charge in [0, 0.05) is 24.5 Å². The van der Waals surface area contributed by atoms with E-state index in [9.17, 15) is 0 Å². The second-order valence-corrected chi connectivity index (χ2v) is 2.99. The number of aliphatic imine (C=N–C) groups is 2. The average Bonchev–Trinajstić information content (AvgIpc) is 2.38. The second kappa shape index (κ2) is 3.39. The molecule has 0 aromatic heterocycles. The van der Waals surface area contributed by atoms with Crippen LogP contribution in [0.5, 0.6) is 0 Å².